The molecule has 15 heavy (non-hydrogen) atoms. The fourth-order valence-electron chi connectivity index (χ4n) is 0.988. The van der Waals surface area contributed by atoms with Crippen molar-refractivity contribution in [3.63, 3.8) is 0 Å². The van der Waals surface area contributed by atoms with Gasteiger partial charge in [-0.25, -0.2) is 4.79 Å². The molecule has 8 heteroatoms. The van der Waals surface area contributed by atoms with Crippen LogP contribution in [-0.2, 0) is 4.79 Å². The quantitative estimate of drug-likeness (QED) is 0.390. The van der Waals surface area contributed by atoms with Gasteiger partial charge >= 0.3 is 12.0 Å². The second kappa shape index (κ2) is 6.04. The first-order valence-electron chi connectivity index (χ1n) is 4.65. The highest BCUT2D eigenvalue weighted by molar-refractivity contribution is 5.77. The lowest BCUT2D eigenvalue weighted by molar-refractivity contribution is -0.136. The topological polar surface area (TPSA) is 133 Å². The summed E-state index contributed by atoms with van der Waals surface area (Å²) in [4.78, 5) is 11.3. The molecule has 84 valence electrons. The van der Waals surface area contributed by atoms with E-state index in [2.05, 4.69) is 20.6 Å². The zero-order valence-electron chi connectivity index (χ0n) is 8.22. The molecule has 0 aliphatic heterocycles. The number of rotatable bonds is 6. The number of hydrogen-bond donors (Lipinski definition) is 3. The molecule has 1 heterocycles. The molecule has 0 fully saturated rings. The number of carbonyl (C=O) groups is 1. The van der Waals surface area contributed by atoms with Crippen molar-refractivity contribution < 1.29 is 9.53 Å². The molecule has 1 atom stereocenters. The Morgan fingerprint density at radius 1 is 1.53 bits per heavy atom. The zero-order valence-corrected chi connectivity index (χ0v) is 8.22. The van der Waals surface area contributed by atoms with Gasteiger partial charge in [0.05, 0.1) is 0 Å². The van der Waals surface area contributed by atoms with E-state index in [0.717, 1.165) is 12.8 Å². The smallest absolute Gasteiger partial charge is 0.363 e. The number of aromatic amines is 1. The largest absolute Gasteiger partial charge is 0.387 e. The van der Waals surface area contributed by atoms with Gasteiger partial charge in [0.1, 0.15) is 6.04 Å². The number of carbonyl (C=O) groups excluding carboxylic acids is 1. The summed E-state index contributed by atoms with van der Waals surface area (Å²) in [5.41, 5.74) is 10.9. The Labute approximate surface area is 86.3 Å². The molecule has 1 aromatic heterocycles. The third kappa shape index (κ3) is 4.00. The Kier molecular flexibility index (Phi) is 4.64. The van der Waals surface area contributed by atoms with Gasteiger partial charge < -0.3 is 16.2 Å². The zero-order chi connectivity index (χ0) is 11.1. The standard InChI is InChI=1S/C7H14N6O2/c8-4-2-1-3-5(9)6(14)15-7-10-12-13-11-7/h5H,1-4,8-9H2,(H,10,11,12,13)/t5-/m0/s1. The summed E-state index contributed by atoms with van der Waals surface area (Å²) in [6.07, 6.45) is 2.16. The average Bonchev–Trinajstić information content (AvgIpc) is 2.70. The maximum atomic E-state index is 11.3. The van der Waals surface area contributed by atoms with E-state index in [1.54, 1.807) is 0 Å². The average molecular weight is 214 g/mol. The lowest BCUT2D eigenvalue weighted by Gasteiger charge is -2.07. The van der Waals surface area contributed by atoms with Crippen LogP contribution >= 0.6 is 0 Å². The summed E-state index contributed by atoms with van der Waals surface area (Å²) in [5.74, 6) is -0.562. The minimum Gasteiger partial charge on any atom is -0.387 e. The minimum atomic E-state index is -0.671. The number of aromatic nitrogens is 4. The number of hydrogen-bond acceptors (Lipinski definition) is 7. The van der Waals surface area contributed by atoms with Gasteiger partial charge in [-0.15, -0.1) is 0 Å². The van der Waals surface area contributed by atoms with E-state index in [1.165, 1.54) is 0 Å². The predicted molar refractivity (Wildman–Crippen MR) is 50.7 cm³/mol. The van der Waals surface area contributed by atoms with Gasteiger partial charge in [0.15, 0.2) is 0 Å². The fourth-order valence-corrected chi connectivity index (χ4v) is 0.988. The first-order valence-corrected chi connectivity index (χ1v) is 4.65. The van der Waals surface area contributed by atoms with Crippen LogP contribution in [0.3, 0.4) is 0 Å². The Bertz CT molecular complexity index is 288. The lowest BCUT2D eigenvalue weighted by Crippen LogP contribution is -2.34. The van der Waals surface area contributed by atoms with Gasteiger partial charge in [0.2, 0.25) is 0 Å². The second-order valence-corrected chi connectivity index (χ2v) is 3.01. The molecule has 0 radical (unpaired) electrons. The van der Waals surface area contributed by atoms with E-state index >= 15 is 0 Å². The van der Waals surface area contributed by atoms with Gasteiger partial charge in [-0.1, -0.05) is 16.6 Å². The Morgan fingerprint density at radius 2 is 2.33 bits per heavy atom. The Balaban J connectivity index is 2.27. The molecule has 8 nitrogen and oxygen atoms in total. The Morgan fingerprint density at radius 3 is 2.93 bits per heavy atom. The first-order chi connectivity index (χ1) is 7.24. The van der Waals surface area contributed by atoms with Crippen molar-refractivity contribution >= 4 is 5.97 Å². The third-order valence-electron chi connectivity index (χ3n) is 1.79. The van der Waals surface area contributed by atoms with Gasteiger partial charge in [0, 0.05) is 0 Å². The number of nitrogens with zero attached hydrogens (tertiary/aromatic N) is 3. The molecule has 0 aliphatic carbocycles. The summed E-state index contributed by atoms with van der Waals surface area (Å²) in [7, 11) is 0. The van der Waals surface area contributed by atoms with Gasteiger partial charge in [-0.05, 0) is 24.6 Å². The highest BCUT2D eigenvalue weighted by Gasteiger charge is 2.17. The first kappa shape index (κ1) is 11.5. The van der Waals surface area contributed by atoms with Crippen molar-refractivity contribution in [2.75, 3.05) is 6.54 Å². The Hall–Kier alpha value is -1.54. The van der Waals surface area contributed by atoms with Crippen LogP contribution in [0, 0.1) is 0 Å². The van der Waals surface area contributed by atoms with Crippen LogP contribution in [0.15, 0.2) is 0 Å². The van der Waals surface area contributed by atoms with Gasteiger partial charge in [-0.2, -0.15) is 5.21 Å². The molecule has 0 saturated heterocycles. The lowest BCUT2D eigenvalue weighted by atomic mass is 10.1. The fraction of sp³-hybridized carbons (Fsp3) is 0.714. The number of ether oxygens (including phenoxy) is 1. The van der Waals surface area contributed by atoms with Crippen molar-refractivity contribution in [2.24, 2.45) is 11.5 Å². The van der Waals surface area contributed by atoms with Crippen LogP contribution in [-0.4, -0.2) is 39.2 Å². The maximum absolute atomic E-state index is 11.3. The molecule has 0 aromatic carbocycles. The second-order valence-electron chi connectivity index (χ2n) is 3.01. The monoisotopic (exact) mass is 214 g/mol. The summed E-state index contributed by atoms with van der Waals surface area (Å²) >= 11 is 0. The number of tetrazole rings is 1. The van der Waals surface area contributed by atoms with E-state index in [4.69, 9.17) is 16.2 Å². The van der Waals surface area contributed by atoms with Crippen molar-refractivity contribution in [1.29, 1.82) is 0 Å². The van der Waals surface area contributed by atoms with Crippen molar-refractivity contribution in [1.82, 2.24) is 20.6 Å². The molecular formula is C7H14N6O2. The summed E-state index contributed by atoms with van der Waals surface area (Å²) in [6.45, 7) is 0.590. The highest BCUT2D eigenvalue weighted by atomic mass is 16.6. The number of nitrogens with one attached hydrogen (secondary N) is 1. The SMILES string of the molecule is NCCCC[C@H](N)C(=O)Oc1nn[nH]n1. The summed E-state index contributed by atoms with van der Waals surface area (Å²) in [6, 6.07) is -0.788. The van der Waals surface area contributed by atoms with Crippen molar-refractivity contribution in [3.05, 3.63) is 0 Å². The van der Waals surface area contributed by atoms with Crippen molar-refractivity contribution in [3.8, 4) is 6.01 Å². The van der Waals surface area contributed by atoms with Crippen LogP contribution in [0.25, 0.3) is 0 Å². The van der Waals surface area contributed by atoms with E-state index in [0.29, 0.717) is 13.0 Å². The normalized spacial score (nSPS) is 12.4. The molecule has 1 aromatic rings. The number of esters is 1. The molecule has 0 unspecified atom stereocenters. The van der Waals surface area contributed by atoms with Crippen LogP contribution in [0.5, 0.6) is 6.01 Å². The molecule has 0 amide bonds. The molecule has 1 rings (SSSR count). The summed E-state index contributed by atoms with van der Waals surface area (Å²) in [5, 5.41) is 12.3. The molecule has 0 spiro atoms. The van der Waals surface area contributed by atoms with Gasteiger partial charge in [-0.3, -0.25) is 0 Å². The molecular weight excluding hydrogens is 200 g/mol. The van der Waals surface area contributed by atoms with Crippen LogP contribution < -0.4 is 16.2 Å². The van der Waals surface area contributed by atoms with Crippen LogP contribution in [0.1, 0.15) is 19.3 Å². The van der Waals surface area contributed by atoms with E-state index in [9.17, 15) is 4.79 Å². The molecule has 0 bridgehead atoms. The van der Waals surface area contributed by atoms with Gasteiger partial charge in [0.25, 0.3) is 0 Å². The highest BCUT2D eigenvalue weighted by Crippen LogP contribution is 2.02. The molecule has 0 aliphatic rings. The predicted octanol–water partition coefficient (Wildman–Crippen LogP) is -1.44. The van der Waals surface area contributed by atoms with Crippen molar-refractivity contribution in [2.45, 2.75) is 25.3 Å². The van der Waals surface area contributed by atoms with Crippen LogP contribution in [0.2, 0.25) is 0 Å². The number of H-pyrrole nitrogens is 1. The summed E-state index contributed by atoms with van der Waals surface area (Å²) < 4.78 is 4.74. The third-order valence-corrected chi connectivity index (χ3v) is 1.79. The van der Waals surface area contributed by atoms with Crippen LogP contribution in [0.4, 0.5) is 0 Å². The molecule has 5 N–H and O–H groups in total. The molecule has 0 saturated carbocycles. The van der Waals surface area contributed by atoms with E-state index in [1.807, 2.05) is 0 Å². The minimum absolute atomic E-state index is 0.116. The number of nitrogens with two attached hydrogens (primary N) is 2. The van der Waals surface area contributed by atoms with E-state index < -0.39 is 12.0 Å². The number of unbranched alkanes of at least 4 members (excludes halogenated alkanes) is 1. The van der Waals surface area contributed by atoms with E-state index in [-0.39, 0.29) is 6.01 Å². The maximum Gasteiger partial charge on any atom is 0.363 e.